The summed E-state index contributed by atoms with van der Waals surface area (Å²) in [6, 6.07) is 3.85. The van der Waals surface area contributed by atoms with Gasteiger partial charge in [-0.3, -0.25) is 4.79 Å². The molecule has 2 aromatic heterocycles. The quantitative estimate of drug-likeness (QED) is 0.883. The topological polar surface area (TPSA) is 75.9 Å². The molecule has 7 nitrogen and oxygen atoms in total. The predicted molar refractivity (Wildman–Crippen MR) is 105 cm³/mol. The molecule has 0 aromatic carbocycles. The second-order valence-corrected chi connectivity index (χ2v) is 9.03. The summed E-state index contributed by atoms with van der Waals surface area (Å²) in [5.41, 5.74) is 1.70. The Labute approximate surface area is 165 Å². The van der Waals surface area contributed by atoms with Gasteiger partial charge in [-0.15, -0.1) is 0 Å². The van der Waals surface area contributed by atoms with Crippen molar-refractivity contribution in [1.82, 2.24) is 19.6 Å². The van der Waals surface area contributed by atoms with Crippen molar-refractivity contribution in [2.24, 2.45) is 17.8 Å². The standard InChI is InChI=1S/C21H28N4O3/c1-12-7-6-8-25-16(12)9-22-18(25)13(2)23-19(26)17-14-10-24(11-15(14)17)20(27)28-21(3,4)5/h6-9,13-15,17H,10-11H2,1-5H3,(H,23,26)/t13-,14-,15+,17+/m0/s1. The number of imidazole rings is 1. The van der Waals surface area contributed by atoms with E-state index in [1.807, 2.05) is 63.5 Å². The molecule has 0 radical (unpaired) electrons. The van der Waals surface area contributed by atoms with Crippen LogP contribution in [0, 0.1) is 24.7 Å². The number of piperidine rings is 1. The molecule has 2 fully saturated rings. The fourth-order valence-electron chi connectivity index (χ4n) is 4.27. The molecule has 3 heterocycles. The molecule has 1 saturated carbocycles. The lowest BCUT2D eigenvalue weighted by atomic mass is 10.2. The predicted octanol–water partition coefficient (Wildman–Crippen LogP) is 2.93. The van der Waals surface area contributed by atoms with E-state index < -0.39 is 5.60 Å². The highest BCUT2D eigenvalue weighted by atomic mass is 16.6. The van der Waals surface area contributed by atoms with Gasteiger partial charge >= 0.3 is 6.09 Å². The number of carbonyl (C=O) groups is 2. The van der Waals surface area contributed by atoms with Crippen LogP contribution in [-0.4, -0.2) is 45.0 Å². The Morgan fingerprint density at radius 2 is 1.96 bits per heavy atom. The summed E-state index contributed by atoms with van der Waals surface area (Å²) in [6.07, 6.45) is 3.53. The van der Waals surface area contributed by atoms with Gasteiger partial charge in [0.25, 0.3) is 0 Å². The molecule has 0 unspecified atom stereocenters. The SMILES string of the molecule is Cc1cccn2c([C@H](C)NC(=O)[C@H]3[C@@H]4CN(C(=O)OC(C)(C)C)C[C@@H]43)ncc12. The lowest BCUT2D eigenvalue weighted by molar-refractivity contribution is -0.124. The van der Waals surface area contributed by atoms with E-state index in [0.717, 1.165) is 16.9 Å². The number of fused-ring (bicyclic) bond motifs is 2. The van der Waals surface area contributed by atoms with Crippen molar-refractivity contribution in [1.29, 1.82) is 0 Å². The second kappa shape index (κ2) is 6.50. The van der Waals surface area contributed by atoms with Crippen LogP contribution in [0.5, 0.6) is 0 Å². The van der Waals surface area contributed by atoms with Crippen LogP contribution >= 0.6 is 0 Å². The summed E-state index contributed by atoms with van der Waals surface area (Å²) < 4.78 is 7.45. The van der Waals surface area contributed by atoms with E-state index in [1.165, 1.54) is 0 Å². The van der Waals surface area contributed by atoms with Crippen molar-refractivity contribution in [3.63, 3.8) is 0 Å². The van der Waals surface area contributed by atoms with E-state index in [0.29, 0.717) is 13.1 Å². The van der Waals surface area contributed by atoms with E-state index in [9.17, 15) is 9.59 Å². The third kappa shape index (κ3) is 3.34. The number of hydrogen-bond acceptors (Lipinski definition) is 4. The Bertz CT molecular complexity index is 917. The lowest BCUT2D eigenvalue weighted by Gasteiger charge is -2.26. The molecule has 2 aromatic rings. The minimum absolute atomic E-state index is 0.0194. The van der Waals surface area contributed by atoms with Gasteiger partial charge in [-0.1, -0.05) is 6.07 Å². The molecule has 1 saturated heterocycles. The number of carbonyl (C=O) groups excluding carboxylic acids is 2. The molecule has 2 aliphatic rings. The molecule has 1 aliphatic carbocycles. The third-order valence-corrected chi connectivity index (χ3v) is 5.71. The van der Waals surface area contributed by atoms with Crippen molar-refractivity contribution >= 4 is 17.5 Å². The molecular weight excluding hydrogens is 356 g/mol. The summed E-state index contributed by atoms with van der Waals surface area (Å²) in [7, 11) is 0. The van der Waals surface area contributed by atoms with Gasteiger partial charge in [0.2, 0.25) is 5.91 Å². The molecule has 1 aliphatic heterocycles. The van der Waals surface area contributed by atoms with E-state index in [2.05, 4.69) is 10.3 Å². The molecule has 0 spiro atoms. The normalized spacial score (nSPS) is 24.8. The van der Waals surface area contributed by atoms with Crippen molar-refractivity contribution in [2.45, 2.75) is 46.3 Å². The number of ether oxygens (including phenoxy) is 1. The summed E-state index contributed by atoms with van der Waals surface area (Å²) in [5, 5.41) is 3.11. The highest BCUT2D eigenvalue weighted by molar-refractivity contribution is 5.83. The number of rotatable bonds is 3. The van der Waals surface area contributed by atoms with Crippen molar-refractivity contribution in [2.75, 3.05) is 13.1 Å². The van der Waals surface area contributed by atoms with Gasteiger partial charge in [0.15, 0.2) is 0 Å². The molecule has 150 valence electrons. The van der Waals surface area contributed by atoms with Gasteiger partial charge in [-0.25, -0.2) is 9.78 Å². The van der Waals surface area contributed by atoms with Gasteiger partial charge in [0.1, 0.15) is 11.4 Å². The van der Waals surface area contributed by atoms with Crippen molar-refractivity contribution < 1.29 is 14.3 Å². The van der Waals surface area contributed by atoms with Crippen LogP contribution in [0.1, 0.15) is 45.1 Å². The molecule has 2 amide bonds. The maximum Gasteiger partial charge on any atom is 0.410 e. The molecule has 0 bridgehead atoms. The van der Waals surface area contributed by atoms with Crippen LogP contribution < -0.4 is 5.32 Å². The van der Waals surface area contributed by atoms with Gasteiger partial charge in [-0.05, 0) is 58.1 Å². The molecule has 4 rings (SSSR count). The average molecular weight is 384 g/mol. The number of nitrogens with one attached hydrogen (secondary N) is 1. The van der Waals surface area contributed by atoms with Crippen molar-refractivity contribution in [3.8, 4) is 0 Å². The van der Waals surface area contributed by atoms with E-state index in [-0.39, 0.29) is 35.8 Å². The van der Waals surface area contributed by atoms with Gasteiger partial charge in [-0.2, -0.15) is 0 Å². The number of pyridine rings is 1. The summed E-state index contributed by atoms with van der Waals surface area (Å²) in [5.74, 6) is 1.33. The maximum atomic E-state index is 12.8. The molecule has 7 heteroatoms. The van der Waals surface area contributed by atoms with Gasteiger partial charge < -0.3 is 19.4 Å². The number of aromatic nitrogens is 2. The molecule has 28 heavy (non-hydrogen) atoms. The van der Waals surface area contributed by atoms with Gasteiger partial charge in [0, 0.05) is 25.2 Å². The monoisotopic (exact) mass is 384 g/mol. The van der Waals surface area contributed by atoms with Crippen LogP contribution in [-0.2, 0) is 9.53 Å². The third-order valence-electron chi connectivity index (χ3n) is 5.71. The zero-order valence-electron chi connectivity index (χ0n) is 17.1. The lowest BCUT2D eigenvalue weighted by Crippen LogP contribution is -2.39. The van der Waals surface area contributed by atoms with Crippen LogP contribution in [0.15, 0.2) is 24.5 Å². The first-order chi connectivity index (χ1) is 13.2. The number of likely N-dealkylation sites (tertiary alicyclic amines) is 1. The fourth-order valence-corrected chi connectivity index (χ4v) is 4.27. The van der Waals surface area contributed by atoms with Gasteiger partial charge in [0.05, 0.1) is 17.8 Å². The Hall–Kier alpha value is -2.57. The minimum Gasteiger partial charge on any atom is -0.444 e. The largest absolute Gasteiger partial charge is 0.444 e. The van der Waals surface area contributed by atoms with Crippen LogP contribution in [0.2, 0.25) is 0 Å². The number of amides is 2. The second-order valence-electron chi connectivity index (χ2n) is 9.03. The van der Waals surface area contributed by atoms with Crippen LogP contribution in [0.3, 0.4) is 0 Å². The highest BCUT2D eigenvalue weighted by Gasteiger charge is 2.60. The summed E-state index contributed by atoms with van der Waals surface area (Å²) in [4.78, 5) is 31.2. The van der Waals surface area contributed by atoms with Crippen LogP contribution in [0.4, 0.5) is 4.79 Å². The summed E-state index contributed by atoms with van der Waals surface area (Å²) in [6.45, 7) is 10.8. The number of nitrogens with zero attached hydrogens (tertiary/aromatic N) is 3. The zero-order valence-corrected chi connectivity index (χ0v) is 17.1. The first-order valence-electron chi connectivity index (χ1n) is 9.86. The Morgan fingerprint density at radius 1 is 1.29 bits per heavy atom. The number of aryl methyl sites for hydroxylation is 1. The Kier molecular flexibility index (Phi) is 4.36. The molecule has 1 N–H and O–H groups in total. The zero-order chi connectivity index (χ0) is 20.2. The Morgan fingerprint density at radius 3 is 2.61 bits per heavy atom. The van der Waals surface area contributed by atoms with E-state index in [1.54, 1.807) is 4.90 Å². The number of hydrogen-bond donors (Lipinski definition) is 1. The highest BCUT2D eigenvalue weighted by Crippen LogP contribution is 2.52. The maximum absolute atomic E-state index is 12.8. The minimum atomic E-state index is -0.499. The van der Waals surface area contributed by atoms with E-state index in [4.69, 9.17) is 4.74 Å². The smallest absolute Gasteiger partial charge is 0.410 e. The average Bonchev–Trinajstić information content (AvgIpc) is 2.96. The molecule has 4 atom stereocenters. The first-order valence-corrected chi connectivity index (χ1v) is 9.86. The van der Waals surface area contributed by atoms with Crippen molar-refractivity contribution in [3.05, 3.63) is 35.9 Å². The molecular formula is C21H28N4O3. The fraction of sp³-hybridized carbons (Fsp3) is 0.571. The van der Waals surface area contributed by atoms with E-state index >= 15 is 0 Å². The summed E-state index contributed by atoms with van der Waals surface area (Å²) >= 11 is 0. The van der Waals surface area contributed by atoms with Crippen LogP contribution in [0.25, 0.3) is 5.52 Å². The first kappa shape index (κ1) is 18.8. The Balaban J connectivity index is 1.35.